The molecule has 2 aromatic carbocycles. The lowest BCUT2D eigenvalue weighted by Crippen LogP contribution is -2.23. The molecule has 0 radical (unpaired) electrons. The zero-order chi connectivity index (χ0) is 16.0. The molecule has 3 unspecified atom stereocenters. The number of fused-ring (bicyclic) bond motifs is 3. The molecular weight excluding hydrogens is 409 g/mol. The first kappa shape index (κ1) is 17.3. The lowest BCUT2D eigenvalue weighted by Gasteiger charge is -2.09. The monoisotopic (exact) mass is 433 g/mol. The molecule has 0 aliphatic heterocycles. The smallest absolute Gasteiger partial charge is 0.193 e. The Morgan fingerprint density at radius 1 is 1.17 bits per heavy atom. The van der Waals surface area contributed by atoms with Crippen LogP contribution in [0.1, 0.15) is 28.2 Å². The van der Waals surface area contributed by atoms with E-state index in [0.717, 1.165) is 18.2 Å². The van der Waals surface area contributed by atoms with E-state index in [2.05, 4.69) is 60.6 Å². The van der Waals surface area contributed by atoms with Gasteiger partial charge in [-0.1, -0.05) is 30.3 Å². The van der Waals surface area contributed by atoms with E-state index >= 15 is 0 Å². The average Bonchev–Trinajstić information content (AvgIpc) is 3.08. The molecule has 4 heteroatoms. The van der Waals surface area contributed by atoms with Crippen LogP contribution in [-0.2, 0) is 6.42 Å². The summed E-state index contributed by atoms with van der Waals surface area (Å²) in [7, 11) is 0. The summed E-state index contributed by atoms with van der Waals surface area (Å²) in [4.78, 5) is 4.57. The van der Waals surface area contributed by atoms with Gasteiger partial charge in [-0.3, -0.25) is 4.99 Å². The molecule has 0 saturated heterocycles. The van der Waals surface area contributed by atoms with Gasteiger partial charge in [0.05, 0.1) is 0 Å². The molecule has 1 fully saturated rings. The number of rotatable bonds is 3. The summed E-state index contributed by atoms with van der Waals surface area (Å²) >= 11 is 0. The Morgan fingerprint density at radius 3 is 2.75 bits per heavy atom. The van der Waals surface area contributed by atoms with Crippen molar-refractivity contribution in [2.75, 3.05) is 11.9 Å². The molecule has 0 aromatic heterocycles. The number of anilines is 1. The maximum Gasteiger partial charge on any atom is 0.193 e. The Morgan fingerprint density at radius 2 is 1.96 bits per heavy atom. The normalized spacial score (nSPS) is 23.9. The lowest BCUT2D eigenvalue weighted by molar-refractivity contribution is 0.701. The number of nitrogens with one attached hydrogen (secondary N) is 1. The molecule has 2 aromatic rings. The summed E-state index contributed by atoms with van der Waals surface area (Å²) in [5.41, 5.74) is 12.7. The first-order chi connectivity index (χ1) is 11.1. The molecule has 0 spiro atoms. The van der Waals surface area contributed by atoms with Crippen LogP contribution in [-0.4, -0.2) is 12.5 Å². The van der Waals surface area contributed by atoms with E-state index in [1.54, 1.807) is 5.56 Å². The van der Waals surface area contributed by atoms with E-state index in [9.17, 15) is 0 Å². The van der Waals surface area contributed by atoms with Crippen molar-refractivity contribution >= 4 is 35.6 Å². The van der Waals surface area contributed by atoms with Gasteiger partial charge >= 0.3 is 0 Å². The third-order valence-corrected chi connectivity index (χ3v) is 5.45. The number of benzene rings is 2. The van der Waals surface area contributed by atoms with Crippen LogP contribution in [0.3, 0.4) is 0 Å². The van der Waals surface area contributed by atoms with Crippen LogP contribution in [0.2, 0.25) is 0 Å². The fourth-order valence-corrected chi connectivity index (χ4v) is 3.94. The Kier molecular flexibility index (Phi) is 4.85. The van der Waals surface area contributed by atoms with E-state index in [1.807, 2.05) is 6.07 Å². The zero-order valence-corrected chi connectivity index (χ0v) is 16.5. The number of halogens is 1. The number of nitrogens with zero attached hydrogens (tertiary/aromatic N) is 1. The quantitative estimate of drug-likeness (QED) is 0.433. The largest absolute Gasteiger partial charge is 0.370 e. The third-order valence-electron chi connectivity index (χ3n) is 5.45. The highest BCUT2D eigenvalue weighted by atomic mass is 127. The van der Waals surface area contributed by atoms with Gasteiger partial charge in [-0.15, -0.1) is 24.0 Å². The maximum atomic E-state index is 6.05. The van der Waals surface area contributed by atoms with Crippen molar-refractivity contribution in [3.63, 3.8) is 0 Å². The molecule has 2 aliphatic carbocycles. The first-order valence-electron chi connectivity index (χ1n) is 8.35. The minimum absolute atomic E-state index is 0. The molecule has 3 atom stereocenters. The van der Waals surface area contributed by atoms with Gasteiger partial charge < -0.3 is 11.1 Å². The number of nitrogens with two attached hydrogens (primary N) is 1. The predicted octanol–water partition coefficient (Wildman–Crippen LogP) is 4.23. The summed E-state index contributed by atoms with van der Waals surface area (Å²) < 4.78 is 0. The number of hydrogen-bond donors (Lipinski definition) is 2. The van der Waals surface area contributed by atoms with Crippen LogP contribution >= 0.6 is 24.0 Å². The molecule has 24 heavy (non-hydrogen) atoms. The number of guanidine groups is 1. The highest BCUT2D eigenvalue weighted by molar-refractivity contribution is 14.0. The van der Waals surface area contributed by atoms with Crippen LogP contribution in [0, 0.1) is 25.7 Å². The van der Waals surface area contributed by atoms with Gasteiger partial charge in [-0.05, 0) is 72.4 Å². The van der Waals surface area contributed by atoms with Crippen LogP contribution in [0.15, 0.2) is 47.5 Å². The van der Waals surface area contributed by atoms with Gasteiger partial charge in [-0.25, -0.2) is 0 Å². The molecule has 1 saturated carbocycles. The zero-order valence-electron chi connectivity index (χ0n) is 14.1. The molecule has 0 bridgehead atoms. The minimum Gasteiger partial charge on any atom is -0.370 e. The molecular formula is C20H24IN3. The Hall–Kier alpha value is -1.56. The van der Waals surface area contributed by atoms with Crippen molar-refractivity contribution in [3.05, 3.63) is 64.7 Å². The number of aryl methyl sites for hydroxylation is 2. The SMILES string of the molecule is Cc1ccc(NC(N)=NCC2C3Cc4ccccc4C23)cc1C.I. The molecule has 3 nitrogen and oxygen atoms in total. The Labute approximate surface area is 160 Å². The van der Waals surface area contributed by atoms with Crippen molar-refractivity contribution < 1.29 is 0 Å². The van der Waals surface area contributed by atoms with Gasteiger partial charge in [-0.2, -0.15) is 0 Å². The second-order valence-corrected chi connectivity index (χ2v) is 6.91. The second-order valence-electron chi connectivity index (χ2n) is 6.91. The van der Waals surface area contributed by atoms with Crippen molar-refractivity contribution in [1.82, 2.24) is 0 Å². The van der Waals surface area contributed by atoms with Gasteiger partial charge in [0, 0.05) is 12.2 Å². The minimum atomic E-state index is 0. The van der Waals surface area contributed by atoms with Crippen molar-refractivity contribution in [3.8, 4) is 0 Å². The van der Waals surface area contributed by atoms with Gasteiger partial charge in [0.2, 0.25) is 0 Å². The van der Waals surface area contributed by atoms with Crippen molar-refractivity contribution in [1.29, 1.82) is 0 Å². The summed E-state index contributed by atoms with van der Waals surface area (Å²) in [5.74, 6) is 2.69. The van der Waals surface area contributed by atoms with Crippen molar-refractivity contribution in [2.45, 2.75) is 26.2 Å². The van der Waals surface area contributed by atoms with Crippen LogP contribution in [0.4, 0.5) is 5.69 Å². The van der Waals surface area contributed by atoms with E-state index in [-0.39, 0.29) is 24.0 Å². The van der Waals surface area contributed by atoms with Gasteiger partial charge in [0.25, 0.3) is 0 Å². The lowest BCUT2D eigenvalue weighted by atomic mass is 10.0. The van der Waals surface area contributed by atoms with E-state index in [1.165, 1.54) is 23.1 Å². The fourth-order valence-electron chi connectivity index (χ4n) is 3.94. The summed E-state index contributed by atoms with van der Waals surface area (Å²) in [6.07, 6.45) is 1.21. The van der Waals surface area contributed by atoms with E-state index in [4.69, 9.17) is 5.73 Å². The molecule has 2 aliphatic rings. The van der Waals surface area contributed by atoms with E-state index in [0.29, 0.717) is 17.8 Å². The topological polar surface area (TPSA) is 50.4 Å². The standard InChI is InChI=1S/C20H23N3.HI/c1-12-7-8-15(9-13(12)2)23-20(21)22-11-18-17-10-14-5-3-4-6-16(14)19(17)18;/h3-9,17-19H,10-11H2,1-2H3,(H3,21,22,23);1H. The second kappa shape index (κ2) is 6.75. The number of aliphatic imine (C=N–C) groups is 1. The van der Waals surface area contributed by atoms with Gasteiger partial charge in [0.15, 0.2) is 5.96 Å². The molecule has 0 amide bonds. The molecule has 3 N–H and O–H groups in total. The van der Waals surface area contributed by atoms with Gasteiger partial charge in [0.1, 0.15) is 0 Å². The first-order valence-corrected chi connectivity index (χ1v) is 8.35. The van der Waals surface area contributed by atoms with Crippen molar-refractivity contribution in [2.24, 2.45) is 22.6 Å². The van der Waals surface area contributed by atoms with Crippen LogP contribution in [0.25, 0.3) is 0 Å². The summed E-state index contributed by atoms with van der Waals surface area (Å²) in [6, 6.07) is 15.1. The fraction of sp³-hybridized carbons (Fsp3) is 0.350. The highest BCUT2D eigenvalue weighted by Crippen LogP contribution is 2.61. The van der Waals surface area contributed by atoms with E-state index < -0.39 is 0 Å². The highest BCUT2D eigenvalue weighted by Gasteiger charge is 2.54. The summed E-state index contributed by atoms with van der Waals surface area (Å²) in [6.45, 7) is 5.05. The number of hydrogen-bond acceptors (Lipinski definition) is 1. The third kappa shape index (κ3) is 3.16. The predicted molar refractivity (Wildman–Crippen MR) is 111 cm³/mol. The van der Waals surface area contributed by atoms with Crippen LogP contribution in [0.5, 0.6) is 0 Å². The Balaban J connectivity index is 0.00000169. The molecule has 0 heterocycles. The molecule has 126 valence electrons. The summed E-state index contributed by atoms with van der Waals surface area (Å²) in [5, 5.41) is 3.21. The molecule has 4 rings (SSSR count). The maximum absolute atomic E-state index is 6.05. The average molecular weight is 433 g/mol. The van der Waals surface area contributed by atoms with Crippen LogP contribution < -0.4 is 11.1 Å². The Bertz CT molecular complexity index is 784.